The maximum atomic E-state index is 11.4. The molecule has 0 atom stereocenters. The van der Waals surface area contributed by atoms with Crippen molar-refractivity contribution in [2.75, 3.05) is 5.32 Å². The quantitative estimate of drug-likeness (QED) is 0.512. The van der Waals surface area contributed by atoms with Gasteiger partial charge in [-0.1, -0.05) is 24.2 Å². The number of esters is 1. The predicted octanol–water partition coefficient (Wildman–Crippen LogP) is 2.78. The number of amides is 1. The Hall–Kier alpha value is -1.81. The molecule has 1 aromatic rings. The summed E-state index contributed by atoms with van der Waals surface area (Å²) in [5, 5.41) is 2.77. The lowest BCUT2D eigenvalue weighted by Gasteiger charge is -2.11. The first-order valence-corrected chi connectivity index (χ1v) is 5.23. The van der Waals surface area contributed by atoms with Gasteiger partial charge in [0.1, 0.15) is 0 Å². The Morgan fingerprint density at radius 2 is 2.00 bits per heavy atom. The van der Waals surface area contributed by atoms with Crippen molar-refractivity contribution in [3.05, 3.63) is 35.4 Å². The lowest BCUT2D eigenvalue weighted by molar-refractivity contribution is -0.130. The Labute approximate surface area is 104 Å². The summed E-state index contributed by atoms with van der Waals surface area (Å²) < 4.78 is 5.05. The minimum Gasteiger partial charge on any atom is -0.419 e. The first kappa shape index (κ1) is 13.3. The Morgan fingerprint density at radius 1 is 1.35 bits per heavy atom. The summed E-state index contributed by atoms with van der Waals surface area (Å²) >= 11 is 5.90. The van der Waals surface area contributed by atoms with Crippen molar-refractivity contribution in [2.24, 2.45) is 0 Å². The normalized spacial score (nSPS) is 9.59. The van der Waals surface area contributed by atoms with Crippen molar-refractivity contribution in [3.63, 3.8) is 0 Å². The maximum absolute atomic E-state index is 11.4. The molecule has 17 heavy (non-hydrogen) atoms. The smallest absolute Gasteiger partial charge is 0.338 e. The van der Waals surface area contributed by atoms with Crippen LogP contribution >= 0.6 is 11.6 Å². The average molecular weight is 254 g/mol. The lowest BCUT2D eigenvalue weighted by Crippen LogP contribution is -2.12. The molecule has 4 nitrogen and oxygen atoms in total. The van der Waals surface area contributed by atoms with Gasteiger partial charge in [-0.05, 0) is 19.1 Å². The van der Waals surface area contributed by atoms with Gasteiger partial charge in [0.05, 0.1) is 10.7 Å². The van der Waals surface area contributed by atoms with Gasteiger partial charge in [-0.3, -0.25) is 4.79 Å². The van der Waals surface area contributed by atoms with Crippen LogP contribution < -0.4 is 10.1 Å². The number of hydrogen-bond donors (Lipinski definition) is 1. The van der Waals surface area contributed by atoms with Crippen LogP contribution in [0.5, 0.6) is 5.75 Å². The van der Waals surface area contributed by atoms with E-state index in [4.69, 9.17) is 16.3 Å². The number of carbonyl (C=O) groups excluding carboxylic acids is 2. The van der Waals surface area contributed by atoms with Gasteiger partial charge in [0.2, 0.25) is 5.91 Å². The van der Waals surface area contributed by atoms with Crippen molar-refractivity contribution in [2.45, 2.75) is 13.8 Å². The number of carbonyl (C=O) groups is 2. The van der Waals surface area contributed by atoms with Crippen molar-refractivity contribution in [1.29, 1.82) is 0 Å². The SMILES string of the molecule is C=C(C)C(=O)Oc1c(Cl)cccc1NC(C)=O. The van der Waals surface area contributed by atoms with E-state index >= 15 is 0 Å². The first-order chi connectivity index (χ1) is 7.91. The highest BCUT2D eigenvalue weighted by molar-refractivity contribution is 6.32. The highest BCUT2D eigenvalue weighted by Crippen LogP contribution is 2.33. The van der Waals surface area contributed by atoms with E-state index in [0.29, 0.717) is 5.69 Å². The standard InChI is InChI=1S/C12H12ClNO3/c1-7(2)12(16)17-11-9(13)5-4-6-10(11)14-8(3)15/h4-6H,1H2,2-3H3,(H,14,15). The van der Waals surface area contributed by atoms with E-state index < -0.39 is 5.97 Å². The summed E-state index contributed by atoms with van der Waals surface area (Å²) in [6.45, 7) is 6.34. The molecule has 1 N–H and O–H groups in total. The fourth-order valence-electron chi connectivity index (χ4n) is 1.08. The van der Waals surface area contributed by atoms with E-state index in [-0.39, 0.29) is 22.3 Å². The minimum absolute atomic E-state index is 0.123. The van der Waals surface area contributed by atoms with E-state index in [9.17, 15) is 9.59 Å². The highest BCUT2D eigenvalue weighted by Gasteiger charge is 2.14. The second-order valence-electron chi connectivity index (χ2n) is 3.47. The van der Waals surface area contributed by atoms with Crippen LogP contribution in [0, 0.1) is 0 Å². The van der Waals surface area contributed by atoms with Crippen LogP contribution in [0.15, 0.2) is 30.4 Å². The van der Waals surface area contributed by atoms with Gasteiger partial charge in [0.15, 0.2) is 5.75 Å². The van der Waals surface area contributed by atoms with Gasteiger partial charge in [0, 0.05) is 12.5 Å². The molecule has 0 heterocycles. The number of nitrogens with one attached hydrogen (secondary N) is 1. The molecule has 0 aliphatic heterocycles. The molecule has 0 aliphatic carbocycles. The number of rotatable bonds is 3. The lowest BCUT2D eigenvalue weighted by atomic mass is 10.3. The topological polar surface area (TPSA) is 55.4 Å². The zero-order valence-corrected chi connectivity index (χ0v) is 10.3. The van der Waals surface area contributed by atoms with E-state index in [0.717, 1.165) is 0 Å². The zero-order valence-electron chi connectivity index (χ0n) is 9.54. The van der Waals surface area contributed by atoms with Crippen molar-refractivity contribution in [1.82, 2.24) is 0 Å². The molecule has 0 bridgehead atoms. The van der Waals surface area contributed by atoms with Gasteiger partial charge < -0.3 is 10.1 Å². The number of hydrogen-bond acceptors (Lipinski definition) is 3. The van der Waals surface area contributed by atoms with Crippen LogP contribution in [0.1, 0.15) is 13.8 Å². The van der Waals surface area contributed by atoms with Crippen LogP contribution in [0.3, 0.4) is 0 Å². The monoisotopic (exact) mass is 253 g/mol. The predicted molar refractivity (Wildman–Crippen MR) is 66.2 cm³/mol. The molecule has 0 fully saturated rings. The van der Waals surface area contributed by atoms with Gasteiger partial charge in [0.25, 0.3) is 0 Å². The van der Waals surface area contributed by atoms with Gasteiger partial charge >= 0.3 is 5.97 Å². The number of halogens is 1. The number of anilines is 1. The van der Waals surface area contributed by atoms with Crippen LogP contribution in [-0.2, 0) is 9.59 Å². The van der Waals surface area contributed by atoms with Crippen LogP contribution in [0.25, 0.3) is 0 Å². The molecule has 0 aromatic heterocycles. The summed E-state index contributed by atoms with van der Waals surface area (Å²) in [6.07, 6.45) is 0. The molecule has 0 radical (unpaired) electrons. The molecule has 5 heteroatoms. The molecule has 0 saturated carbocycles. The molecular formula is C12H12ClNO3. The Bertz CT molecular complexity index is 483. The van der Waals surface area contributed by atoms with Crippen LogP contribution in [0.2, 0.25) is 5.02 Å². The van der Waals surface area contributed by atoms with Gasteiger partial charge in [-0.15, -0.1) is 0 Å². The minimum atomic E-state index is -0.593. The third-order valence-electron chi connectivity index (χ3n) is 1.82. The second-order valence-corrected chi connectivity index (χ2v) is 3.87. The molecule has 0 aliphatic rings. The Kier molecular flexibility index (Phi) is 4.29. The summed E-state index contributed by atoms with van der Waals surface area (Å²) in [7, 11) is 0. The summed E-state index contributed by atoms with van der Waals surface area (Å²) in [5.74, 6) is -0.748. The fourth-order valence-corrected chi connectivity index (χ4v) is 1.29. The first-order valence-electron chi connectivity index (χ1n) is 4.85. The van der Waals surface area contributed by atoms with Crippen LogP contribution in [0.4, 0.5) is 5.69 Å². The molecule has 1 rings (SSSR count). The number of ether oxygens (including phenoxy) is 1. The second kappa shape index (κ2) is 5.50. The largest absolute Gasteiger partial charge is 0.419 e. The van der Waals surface area contributed by atoms with Gasteiger partial charge in [-0.25, -0.2) is 4.79 Å². The molecule has 1 aromatic carbocycles. The third kappa shape index (κ3) is 3.60. The van der Waals surface area contributed by atoms with Gasteiger partial charge in [-0.2, -0.15) is 0 Å². The molecule has 1 amide bonds. The molecule has 0 unspecified atom stereocenters. The Balaban J connectivity index is 3.07. The molecule has 0 saturated heterocycles. The van der Waals surface area contributed by atoms with Crippen molar-refractivity contribution in [3.8, 4) is 5.75 Å². The molecular weight excluding hydrogens is 242 g/mol. The summed E-state index contributed by atoms with van der Waals surface area (Å²) in [6, 6.07) is 4.80. The molecule has 0 spiro atoms. The zero-order chi connectivity index (χ0) is 13.0. The third-order valence-corrected chi connectivity index (χ3v) is 2.12. The van der Waals surface area contributed by atoms with Crippen molar-refractivity contribution >= 4 is 29.2 Å². The fraction of sp³-hybridized carbons (Fsp3) is 0.167. The van der Waals surface area contributed by atoms with E-state index in [1.165, 1.54) is 13.8 Å². The summed E-state index contributed by atoms with van der Waals surface area (Å²) in [4.78, 5) is 22.4. The van der Waals surface area contributed by atoms with Crippen molar-refractivity contribution < 1.29 is 14.3 Å². The maximum Gasteiger partial charge on any atom is 0.338 e. The van der Waals surface area contributed by atoms with E-state index in [1.807, 2.05) is 0 Å². The Morgan fingerprint density at radius 3 is 2.53 bits per heavy atom. The van der Waals surface area contributed by atoms with E-state index in [1.54, 1.807) is 18.2 Å². The highest BCUT2D eigenvalue weighted by atomic mass is 35.5. The average Bonchev–Trinajstić information content (AvgIpc) is 2.22. The summed E-state index contributed by atoms with van der Waals surface area (Å²) in [5.41, 5.74) is 0.596. The van der Waals surface area contributed by atoms with Crippen LogP contribution in [-0.4, -0.2) is 11.9 Å². The van der Waals surface area contributed by atoms with E-state index in [2.05, 4.69) is 11.9 Å². The molecule has 90 valence electrons. The number of para-hydroxylation sites is 1. The number of benzene rings is 1.